The minimum Gasteiger partial charge on any atom is -0.481 e. The summed E-state index contributed by atoms with van der Waals surface area (Å²) in [5.41, 5.74) is 0.611. The van der Waals surface area contributed by atoms with Crippen LogP contribution in [0, 0.1) is 11.8 Å². The Bertz CT molecular complexity index is 708. The van der Waals surface area contributed by atoms with E-state index in [9.17, 15) is 19.5 Å². The van der Waals surface area contributed by atoms with Gasteiger partial charge in [-0.25, -0.2) is 0 Å². The number of amides is 2. The summed E-state index contributed by atoms with van der Waals surface area (Å²) < 4.78 is 0. The lowest BCUT2D eigenvalue weighted by Gasteiger charge is -2.38. The number of benzene rings is 1. The minimum atomic E-state index is -0.870. The van der Waals surface area contributed by atoms with Crippen molar-refractivity contribution < 1.29 is 19.5 Å². The number of hydrogen-bond acceptors (Lipinski definition) is 3. The number of para-hydroxylation sites is 1. The van der Waals surface area contributed by atoms with E-state index in [1.54, 1.807) is 41.0 Å². The van der Waals surface area contributed by atoms with Gasteiger partial charge in [0, 0.05) is 25.6 Å². The van der Waals surface area contributed by atoms with Gasteiger partial charge < -0.3 is 14.9 Å². The predicted octanol–water partition coefficient (Wildman–Crippen LogP) is 2.40. The SMILES string of the molecule is C[C@@H]1[C@H](C(=O)O)CCCN1C(=O)C1CC(=O)N(c2ccccc2Cl)C1. The topological polar surface area (TPSA) is 77.9 Å². The number of hydrogen-bond donors (Lipinski definition) is 1. The minimum absolute atomic E-state index is 0.130. The van der Waals surface area contributed by atoms with Crippen LogP contribution in [0.1, 0.15) is 26.2 Å². The summed E-state index contributed by atoms with van der Waals surface area (Å²) in [4.78, 5) is 39.8. The van der Waals surface area contributed by atoms with Crippen LogP contribution in [-0.2, 0) is 14.4 Å². The Morgan fingerprint density at radius 2 is 2.00 bits per heavy atom. The summed E-state index contributed by atoms with van der Waals surface area (Å²) in [6, 6.07) is 6.70. The third-order valence-electron chi connectivity index (χ3n) is 5.21. The fourth-order valence-electron chi connectivity index (χ4n) is 3.80. The molecule has 0 spiro atoms. The van der Waals surface area contributed by atoms with Gasteiger partial charge in [0.05, 0.1) is 22.5 Å². The van der Waals surface area contributed by atoms with Crippen LogP contribution >= 0.6 is 11.6 Å². The second-order valence-electron chi connectivity index (χ2n) is 6.72. The number of rotatable bonds is 3. The van der Waals surface area contributed by atoms with Crippen molar-refractivity contribution >= 4 is 35.1 Å². The lowest BCUT2D eigenvalue weighted by molar-refractivity contribution is -0.150. The highest BCUT2D eigenvalue weighted by Gasteiger charge is 2.42. The third kappa shape index (κ3) is 3.35. The summed E-state index contributed by atoms with van der Waals surface area (Å²) in [5.74, 6) is -2.15. The van der Waals surface area contributed by atoms with Crippen molar-refractivity contribution in [1.29, 1.82) is 0 Å². The second-order valence-corrected chi connectivity index (χ2v) is 7.12. The number of piperidine rings is 1. The van der Waals surface area contributed by atoms with Crippen LogP contribution in [0.15, 0.2) is 24.3 Å². The zero-order valence-electron chi connectivity index (χ0n) is 14.0. The van der Waals surface area contributed by atoms with E-state index in [1.807, 2.05) is 0 Å². The molecule has 0 radical (unpaired) electrons. The van der Waals surface area contributed by atoms with E-state index in [0.29, 0.717) is 30.1 Å². The van der Waals surface area contributed by atoms with E-state index in [0.717, 1.165) is 0 Å². The maximum absolute atomic E-state index is 12.9. The van der Waals surface area contributed by atoms with Gasteiger partial charge in [0.1, 0.15) is 0 Å². The van der Waals surface area contributed by atoms with Gasteiger partial charge >= 0.3 is 5.97 Å². The van der Waals surface area contributed by atoms with Crippen molar-refractivity contribution in [2.75, 3.05) is 18.0 Å². The van der Waals surface area contributed by atoms with Crippen LogP contribution in [0.4, 0.5) is 5.69 Å². The van der Waals surface area contributed by atoms with E-state index < -0.39 is 17.8 Å². The molecule has 2 aliphatic rings. The Balaban J connectivity index is 1.75. The molecule has 0 aromatic heterocycles. The number of aliphatic carboxylic acids is 1. The first-order chi connectivity index (χ1) is 11.9. The first kappa shape index (κ1) is 17.7. The Labute approximate surface area is 151 Å². The lowest BCUT2D eigenvalue weighted by Crippen LogP contribution is -2.51. The number of carbonyl (C=O) groups is 3. The van der Waals surface area contributed by atoms with Gasteiger partial charge in [-0.3, -0.25) is 14.4 Å². The first-order valence-electron chi connectivity index (χ1n) is 8.48. The molecule has 3 rings (SSSR count). The quantitative estimate of drug-likeness (QED) is 0.893. The molecule has 0 saturated carbocycles. The molecule has 134 valence electrons. The molecule has 2 fully saturated rings. The number of halogens is 1. The van der Waals surface area contributed by atoms with Gasteiger partial charge in [0.2, 0.25) is 11.8 Å². The molecule has 1 unspecified atom stereocenters. The molecule has 0 aliphatic carbocycles. The maximum Gasteiger partial charge on any atom is 0.308 e. The van der Waals surface area contributed by atoms with Crippen molar-refractivity contribution in [3.8, 4) is 0 Å². The largest absolute Gasteiger partial charge is 0.481 e. The van der Waals surface area contributed by atoms with Crippen LogP contribution in [0.2, 0.25) is 5.02 Å². The average molecular weight is 365 g/mol. The molecule has 1 aromatic carbocycles. The molecule has 2 amide bonds. The molecule has 25 heavy (non-hydrogen) atoms. The molecule has 2 heterocycles. The average Bonchev–Trinajstić information content (AvgIpc) is 2.96. The summed E-state index contributed by atoms with van der Waals surface area (Å²) in [6.45, 7) is 2.60. The van der Waals surface area contributed by atoms with Crippen LogP contribution in [0.25, 0.3) is 0 Å². The number of carboxylic acids is 1. The maximum atomic E-state index is 12.9. The number of carbonyl (C=O) groups excluding carboxylic acids is 2. The first-order valence-corrected chi connectivity index (χ1v) is 8.86. The van der Waals surface area contributed by atoms with Crippen molar-refractivity contribution in [2.45, 2.75) is 32.2 Å². The Hall–Kier alpha value is -2.08. The van der Waals surface area contributed by atoms with E-state index in [-0.39, 0.29) is 30.8 Å². The molecular formula is C18H21ClN2O4. The van der Waals surface area contributed by atoms with E-state index in [4.69, 9.17) is 11.6 Å². The van der Waals surface area contributed by atoms with Crippen LogP contribution in [0.5, 0.6) is 0 Å². The number of anilines is 1. The molecule has 1 aromatic rings. The molecule has 1 N–H and O–H groups in total. The van der Waals surface area contributed by atoms with E-state index in [2.05, 4.69) is 0 Å². The van der Waals surface area contributed by atoms with Crippen molar-refractivity contribution in [2.24, 2.45) is 11.8 Å². The Morgan fingerprint density at radius 1 is 1.28 bits per heavy atom. The second kappa shape index (κ2) is 7.04. The summed E-state index contributed by atoms with van der Waals surface area (Å²) in [5, 5.41) is 9.80. The highest BCUT2D eigenvalue weighted by molar-refractivity contribution is 6.33. The predicted molar refractivity (Wildman–Crippen MR) is 93.4 cm³/mol. The van der Waals surface area contributed by atoms with Gasteiger partial charge in [-0.1, -0.05) is 23.7 Å². The van der Waals surface area contributed by atoms with Crippen molar-refractivity contribution in [3.05, 3.63) is 29.3 Å². The van der Waals surface area contributed by atoms with Crippen molar-refractivity contribution in [3.63, 3.8) is 0 Å². The van der Waals surface area contributed by atoms with Crippen molar-refractivity contribution in [1.82, 2.24) is 4.90 Å². The Kier molecular flexibility index (Phi) is 4.99. The van der Waals surface area contributed by atoms with E-state index in [1.165, 1.54) is 0 Å². The van der Waals surface area contributed by atoms with Gasteiger partial charge in [-0.05, 0) is 31.9 Å². The molecule has 2 saturated heterocycles. The molecular weight excluding hydrogens is 344 g/mol. The fourth-order valence-corrected chi connectivity index (χ4v) is 4.03. The van der Waals surface area contributed by atoms with Gasteiger partial charge in [-0.2, -0.15) is 0 Å². The summed E-state index contributed by atoms with van der Waals surface area (Å²) in [7, 11) is 0. The third-order valence-corrected chi connectivity index (χ3v) is 5.53. The monoisotopic (exact) mass is 364 g/mol. The number of carboxylic acid groups (broad SMARTS) is 1. The van der Waals surface area contributed by atoms with Crippen LogP contribution in [0.3, 0.4) is 0 Å². The van der Waals surface area contributed by atoms with Crippen LogP contribution < -0.4 is 4.90 Å². The zero-order chi connectivity index (χ0) is 18.1. The molecule has 0 bridgehead atoms. The van der Waals surface area contributed by atoms with Gasteiger partial charge in [0.25, 0.3) is 0 Å². The number of nitrogens with zero attached hydrogens (tertiary/aromatic N) is 2. The highest BCUT2D eigenvalue weighted by atomic mass is 35.5. The summed E-state index contributed by atoms with van der Waals surface area (Å²) >= 11 is 6.17. The lowest BCUT2D eigenvalue weighted by atomic mass is 9.89. The highest BCUT2D eigenvalue weighted by Crippen LogP contribution is 2.33. The smallest absolute Gasteiger partial charge is 0.308 e. The Morgan fingerprint density at radius 3 is 2.68 bits per heavy atom. The van der Waals surface area contributed by atoms with Crippen LogP contribution in [-0.4, -0.2) is 46.9 Å². The fraction of sp³-hybridized carbons (Fsp3) is 0.500. The molecule has 7 heteroatoms. The molecule has 6 nitrogen and oxygen atoms in total. The standard InChI is InChI=1S/C18H21ClN2O4/c1-11-13(18(24)25)5-4-8-20(11)17(23)12-9-16(22)21(10-12)15-7-3-2-6-14(15)19/h2-3,6-7,11-13H,4-5,8-10H2,1H3,(H,24,25)/t11-,12?,13-/m1/s1. The van der Waals surface area contributed by atoms with E-state index >= 15 is 0 Å². The number of likely N-dealkylation sites (tertiary alicyclic amines) is 1. The normalized spacial score (nSPS) is 26.8. The molecule has 3 atom stereocenters. The zero-order valence-corrected chi connectivity index (χ0v) is 14.8. The molecule has 2 aliphatic heterocycles. The van der Waals surface area contributed by atoms with Gasteiger partial charge in [-0.15, -0.1) is 0 Å². The summed E-state index contributed by atoms with van der Waals surface area (Å²) in [6.07, 6.45) is 1.38. The van der Waals surface area contributed by atoms with Gasteiger partial charge in [0.15, 0.2) is 0 Å².